The van der Waals surface area contributed by atoms with Crippen LogP contribution in [0.1, 0.15) is 38.9 Å². The molecule has 23 heavy (non-hydrogen) atoms. The zero-order chi connectivity index (χ0) is 16.6. The number of imide groups is 1. The minimum Gasteiger partial charge on any atom is -0.466 e. The number of nitrogens with zero attached hydrogens (tertiary/aromatic N) is 2. The maximum atomic E-state index is 12.6. The summed E-state index contributed by atoms with van der Waals surface area (Å²) < 4.78 is 5.27. The molecule has 3 heterocycles. The van der Waals surface area contributed by atoms with Crippen LogP contribution in [-0.4, -0.2) is 46.8 Å². The molecule has 2 fully saturated rings. The summed E-state index contributed by atoms with van der Waals surface area (Å²) in [7, 11) is 0. The number of piperidine rings is 1. The molecule has 7 nitrogen and oxygen atoms in total. The molecule has 7 heteroatoms. The van der Waals surface area contributed by atoms with Crippen LogP contribution in [0, 0.1) is 0 Å². The Hall–Kier alpha value is -2.31. The normalized spacial score (nSPS) is 28.2. The minimum absolute atomic E-state index is 0.147. The Morgan fingerprint density at radius 1 is 1.43 bits per heavy atom. The molecule has 0 radical (unpaired) electrons. The van der Waals surface area contributed by atoms with Gasteiger partial charge in [-0.1, -0.05) is 0 Å². The summed E-state index contributed by atoms with van der Waals surface area (Å²) in [5.41, 5.74) is -1.26. The number of nitrogens with one attached hydrogen (secondary N) is 1. The van der Waals surface area contributed by atoms with Crippen molar-refractivity contribution >= 4 is 17.8 Å². The number of likely N-dealkylation sites (tertiary alicyclic amines) is 1. The fourth-order valence-corrected chi connectivity index (χ4v) is 3.27. The highest BCUT2D eigenvalue weighted by atomic mass is 16.3. The molecule has 0 aromatic carbocycles. The third-order valence-corrected chi connectivity index (χ3v) is 4.71. The molecule has 0 saturated carbocycles. The number of amides is 4. The van der Waals surface area contributed by atoms with Gasteiger partial charge in [-0.05, 0) is 45.2 Å². The number of carbonyl (C=O) groups excluding carboxylic acids is 3. The van der Waals surface area contributed by atoms with E-state index in [1.807, 2.05) is 6.92 Å². The van der Waals surface area contributed by atoms with Crippen LogP contribution in [0.3, 0.4) is 0 Å². The topological polar surface area (TPSA) is 82.9 Å². The van der Waals surface area contributed by atoms with Gasteiger partial charge < -0.3 is 14.6 Å². The van der Waals surface area contributed by atoms with Gasteiger partial charge in [0.25, 0.3) is 5.91 Å². The number of hydrogen-bond acceptors (Lipinski definition) is 4. The quantitative estimate of drug-likeness (QED) is 0.855. The number of carbonyl (C=O) groups is 3. The fraction of sp³-hybridized carbons (Fsp3) is 0.562. The van der Waals surface area contributed by atoms with E-state index in [0.717, 1.165) is 24.2 Å². The molecule has 0 bridgehead atoms. The summed E-state index contributed by atoms with van der Waals surface area (Å²) in [4.78, 5) is 40.0. The van der Waals surface area contributed by atoms with E-state index in [1.165, 1.54) is 6.26 Å². The van der Waals surface area contributed by atoms with Crippen LogP contribution in [0.25, 0.3) is 0 Å². The molecule has 2 atom stereocenters. The van der Waals surface area contributed by atoms with E-state index in [1.54, 1.807) is 24.0 Å². The molecule has 2 aliphatic rings. The lowest BCUT2D eigenvalue weighted by Gasteiger charge is -2.34. The summed E-state index contributed by atoms with van der Waals surface area (Å²) in [5, 5.41) is 2.62. The van der Waals surface area contributed by atoms with Gasteiger partial charge in [0.05, 0.1) is 6.26 Å². The van der Waals surface area contributed by atoms with E-state index in [9.17, 15) is 14.4 Å². The number of furan rings is 1. The number of hydrogen-bond donors (Lipinski definition) is 1. The van der Waals surface area contributed by atoms with Crippen LogP contribution in [0.2, 0.25) is 0 Å². The van der Waals surface area contributed by atoms with Crippen molar-refractivity contribution in [1.29, 1.82) is 0 Å². The maximum absolute atomic E-state index is 12.6. The van der Waals surface area contributed by atoms with Crippen LogP contribution >= 0.6 is 0 Å². The number of urea groups is 1. The van der Waals surface area contributed by atoms with Crippen molar-refractivity contribution in [2.45, 2.75) is 44.7 Å². The minimum atomic E-state index is -1.26. The monoisotopic (exact) mass is 319 g/mol. The van der Waals surface area contributed by atoms with Crippen LogP contribution in [0.15, 0.2) is 22.8 Å². The van der Waals surface area contributed by atoms with Gasteiger partial charge in [-0.25, -0.2) is 4.79 Å². The average molecular weight is 319 g/mol. The Bertz CT molecular complexity index is 627. The highest BCUT2D eigenvalue weighted by molar-refractivity contribution is 6.08. The third kappa shape index (κ3) is 2.60. The molecule has 2 unspecified atom stereocenters. The molecule has 124 valence electrons. The predicted molar refractivity (Wildman–Crippen MR) is 81.3 cm³/mol. The fourth-order valence-electron chi connectivity index (χ4n) is 3.27. The van der Waals surface area contributed by atoms with Crippen molar-refractivity contribution in [1.82, 2.24) is 15.1 Å². The van der Waals surface area contributed by atoms with Gasteiger partial charge in [0, 0.05) is 12.6 Å². The van der Waals surface area contributed by atoms with Gasteiger partial charge >= 0.3 is 6.03 Å². The Morgan fingerprint density at radius 2 is 2.22 bits per heavy atom. The highest BCUT2D eigenvalue weighted by Crippen LogP contribution is 2.29. The predicted octanol–water partition coefficient (Wildman–Crippen LogP) is 1.45. The van der Waals surface area contributed by atoms with Crippen LogP contribution in [0.4, 0.5) is 4.79 Å². The van der Waals surface area contributed by atoms with Crippen molar-refractivity contribution in [3.8, 4) is 0 Å². The SMILES string of the molecule is CC1CCCCN1C(=O)CN1C(=O)NC(C)(c2ccco2)C1=O. The largest absolute Gasteiger partial charge is 0.466 e. The molecule has 2 aliphatic heterocycles. The second-order valence-electron chi connectivity index (χ2n) is 6.36. The third-order valence-electron chi connectivity index (χ3n) is 4.71. The second kappa shape index (κ2) is 5.72. The average Bonchev–Trinajstić information content (AvgIpc) is 3.12. The zero-order valence-corrected chi connectivity index (χ0v) is 13.4. The highest BCUT2D eigenvalue weighted by Gasteiger charge is 2.51. The second-order valence-corrected chi connectivity index (χ2v) is 6.36. The molecular formula is C16H21N3O4. The molecule has 4 amide bonds. The molecular weight excluding hydrogens is 298 g/mol. The van der Waals surface area contributed by atoms with Gasteiger partial charge in [0.15, 0.2) is 5.54 Å². The first-order valence-electron chi connectivity index (χ1n) is 7.91. The summed E-state index contributed by atoms with van der Waals surface area (Å²) in [6, 6.07) is 2.87. The lowest BCUT2D eigenvalue weighted by molar-refractivity contribution is -0.141. The molecule has 3 rings (SSSR count). The first kappa shape index (κ1) is 15.6. The Labute approximate surface area is 134 Å². The van der Waals surface area contributed by atoms with Crippen molar-refractivity contribution in [2.24, 2.45) is 0 Å². The van der Waals surface area contributed by atoms with Crippen molar-refractivity contribution in [3.63, 3.8) is 0 Å². The van der Waals surface area contributed by atoms with Crippen LogP contribution in [0.5, 0.6) is 0 Å². The maximum Gasteiger partial charge on any atom is 0.325 e. The van der Waals surface area contributed by atoms with Crippen molar-refractivity contribution in [2.75, 3.05) is 13.1 Å². The van der Waals surface area contributed by atoms with Crippen molar-refractivity contribution in [3.05, 3.63) is 24.2 Å². The lowest BCUT2D eigenvalue weighted by Crippen LogP contribution is -2.48. The molecule has 1 aromatic rings. The van der Waals surface area contributed by atoms with E-state index in [2.05, 4.69) is 5.32 Å². The van der Waals surface area contributed by atoms with Crippen molar-refractivity contribution < 1.29 is 18.8 Å². The van der Waals surface area contributed by atoms with Gasteiger partial charge in [-0.3, -0.25) is 14.5 Å². The van der Waals surface area contributed by atoms with Crippen LogP contribution in [-0.2, 0) is 15.1 Å². The first-order valence-corrected chi connectivity index (χ1v) is 7.91. The summed E-state index contributed by atoms with van der Waals surface area (Å²) >= 11 is 0. The summed E-state index contributed by atoms with van der Waals surface area (Å²) in [6.45, 7) is 4.03. The summed E-state index contributed by atoms with van der Waals surface area (Å²) in [5.74, 6) is -0.294. The molecule has 1 aromatic heterocycles. The Balaban J connectivity index is 1.74. The lowest BCUT2D eigenvalue weighted by atomic mass is 9.99. The van der Waals surface area contributed by atoms with E-state index >= 15 is 0 Å². The van der Waals surface area contributed by atoms with E-state index < -0.39 is 17.5 Å². The zero-order valence-electron chi connectivity index (χ0n) is 13.4. The Morgan fingerprint density at radius 3 is 2.87 bits per heavy atom. The van der Waals surface area contributed by atoms with Gasteiger partial charge in [-0.2, -0.15) is 0 Å². The van der Waals surface area contributed by atoms with Crippen LogP contribution < -0.4 is 5.32 Å². The smallest absolute Gasteiger partial charge is 0.325 e. The molecule has 1 N–H and O–H groups in total. The Kier molecular flexibility index (Phi) is 3.87. The molecule has 0 spiro atoms. The number of rotatable bonds is 3. The molecule has 2 saturated heterocycles. The van der Waals surface area contributed by atoms with Gasteiger partial charge in [0.2, 0.25) is 5.91 Å². The van der Waals surface area contributed by atoms with E-state index in [-0.39, 0.29) is 18.5 Å². The first-order chi connectivity index (χ1) is 10.9. The van der Waals surface area contributed by atoms with E-state index in [0.29, 0.717) is 12.3 Å². The summed E-state index contributed by atoms with van der Waals surface area (Å²) in [6.07, 6.45) is 4.46. The molecule has 0 aliphatic carbocycles. The van der Waals surface area contributed by atoms with Gasteiger partial charge in [0.1, 0.15) is 12.3 Å². The standard InChI is InChI=1S/C16H21N3O4/c1-11-6-3-4-8-18(11)13(20)10-19-14(21)16(2,17-15(19)22)12-7-5-9-23-12/h5,7,9,11H,3-4,6,8,10H2,1-2H3,(H,17,22). The van der Waals surface area contributed by atoms with E-state index in [4.69, 9.17) is 4.42 Å². The van der Waals surface area contributed by atoms with Gasteiger partial charge in [-0.15, -0.1) is 0 Å².